The highest BCUT2D eigenvalue weighted by Crippen LogP contribution is 2.22. The molecule has 0 aliphatic carbocycles. The van der Waals surface area contributed by atoms with Crippen LogP contribution in [0.4, 0.5) is 0 Å². The molecule has 2 heterocycles. The van der Waals surface area contributed by atoms with Crippen LogP contribution in [0.15, 0.2) is 36.0 Å². The van der Waals surface area contributed by atoms with E-state index in [1.54, 1.807) is 41.5 Å². The van der Waals surface area contributed by atoms with Gasteiger partial charge in [-0.2, -0.15) is 0 Å². The van der Waals surface area contributed by atoms with Crippen molar-refractivity contribution in [3.63, 3.8) is 0 Å². The second kappa shape index (κ2) is 36.0. The van der Waals surface area contributed by atoms with Crippen molar-refractivity contribution < 1.29 is 73.2 Å². The van der Waals surface area contributed by atoms with Crippen LogP contribution in [0.1, 0.15) is 145 Å². The van der Waals surface area contributed by atoms with Crippen LogP contribution >= 0.6 is 0 Å². The van der Waals surface area contributed by atoms with Gasteiger partial charge in [-0.3, -0.25) is 52.7 Å². The van der Waals surface area contributed by atoms with Gasteiger partial charge in [0.25, 0.3) is 5.91 Å². The molecule has 11 amide bonds. The lowest BCUT2D eigenvalue weighted by molar-refractivity contribution is -0.139. The van der Waals surface area contributed by atoms with Gasteiger partial charge in [-0.25, -0.2) is 0 Å². The van der Waals surface area contributed by atoms with Crippen LogP contribution < -0.4 is 53.2 Å². The summed E-state index contributed by atoms with van der Waals surface area (Å²) in [5.41, 5.74) is 0.0343. The van der Waals surface area contributed by atoms with E-state index in [2.05, 4.69) is 53.2 Å². The zero-order valence-electron chi connectivity index (χ0n) is 51.0. The first-order valence-corrected chi connectivity index (χ1v) is 29.8. The van der Waals surface area contributed by atoms with E-state index in [1.165, 1.54) is 37.3 Å². The van der Waals surface area contributed by atoms with E-state index in [-0.39, 0.29) is 49.7 Å². The van der Waals surface area contributed by atoms with Crippen molar-refractivity contribution in [3.05, 3.63) is 41.6 Å². The topological polar surface area (TPSA) is 392 Å². The van der Waals surface area contributed by atoms with E-state index in [0.717, 1.165) is 17.7 Å². The van der Waals surface area contributed by atoms with E-state index in [0.29, 0.717) is 31.2 Å². The summed E-state index contributed by atoms with van der Waals surface area (Å²) in [6, 6.07) is -6.26. The maximum Gasteiger partial charge on any atom is 0.270 e. The van der Waals surface area contributed by atoms with Gasteiger partial charge in [0, 0.05) is 38.5 Å². The van der Waals surface area contributed by atoms with E-state index < -0.39 is 176 Å². The predicted octanol–water partition coefficient (Wildman–Crippen LogP) is -0.546. The molecule has 85 heavy (non-hydrogen) atoms. The number of benzene rings is 1. The molecule has 0 saturated carbocycles. The molecule has 26 heteroatoms. The van der Waals surface area contributed by atoms with Crippen LogP contribution in [0.25, 0.3) is 0 Å². The van der Waals surface area contributed by atoms with E-state index in [4.69, 9.17) is 0 Å². The Balaban J connectivity index is 2.17. The number of fused-ring (bicyclic) bond motifs is 1. The number of aliphatic hydroxyl groups is 3. The second-order valence-electron chi connectivity index (χ2n) is 23.2. The molecule has 2 aliphatic rings. The standard InChI is InChI=1S/C59H95N11O15/c1-11-15-16-17-37-27-47(75)62-45(31-72)55(81)63-40(14-4)59(85)70-30-39(74)28-46(70)56(82)64-41(22-23-71)52(78)66-44(26-36-18-20-38(73)21-19-36)53(79)65-43(25-33(7)8)54(80)68-50(35(10)13-3)58(84)69-49(34(9)12-2)57(83)67-42(24-32(5)6)51(77)60-29-48(76)61-37/h14,18-21,32-35,37,39,41-46,49-50,71-74H,11-13,15-17,22-31H2,1-10H3,(H,60,77)(H,61,76)(H,62,75)(H,63,81)(H,64,82)(H,65,79)(H,66,78)(H,67,83)(H,68,80)(H,69,84)/b40-14+/t34?,35?,37-,39-,41+,42+,43-,44-,45+,46+,49+,50+/m1/s1. The minimum Gasteiger partial charge on any atom is -0.508 e. The maximum absolute atomic E-state index is 14.6. The van der Waals surface area contributed by atoms with Gasteiger partial charge in [-0.15, -0.1) is 0 Å². The van der Waals surface area contributed by atoms with Gasteiger partial charge in [0.2, 0.25) is 59.1 Å². The number of rotatable bonds is 17. The lowest BCUT2D eigenvalue weighted by atomic mass is 9.93. The summed E-state index contributed by atoms with van der Waals surface area (Å²) in [4.78, 5) is 156. The Kier molecular flexibility index (Phi) is 30.5. The number of unbranched alkanes of at least 4 members (excludes halogenated alkanes) is 2. The third kappa shape index (κ3) is 23.3. The molecular weight excluding hydrogens is 1100 g/mol. The summed E-state index contributed by atoms with van der Waals surface area (Å²) in [6.07, 6.45) is 1.95. The van der Waals surface area contributed by atoms with Crippen molar-refractivity contribution >= 4 is 65.0 Å². The minimum atomic E-state index is -1.63. The van der Waals surface area contributed by atoms with Gasteiger partial charge < -0.3 is 78.5 Å². The molecule has 26 nitrogen and oxygen atoms in total. The van der Waals surface area contributed by atoms with Crippen LogP contribution in [0, 0.1) is 23.7 Å². The number of allylic oxidation sites excluding steroid dienone is 1. The van der Waals surface area contributed by atoms with Gasteiger partial charge in [0.15, 0.2) is 0 Å². The van der Waals surface area contributed by atoms with E-state index >= 15 is 0 Å². The summed E-state index contributed by atoms with van der Waals surface area (Å²) < 4.78 is 0. The van der Waals surface area contributed by atoms with Crippen molar-refractivity contribution in [3.8, 4) is 5.75 Å². The van der Waals surface area contributed by atoms with Gasteiger partial charge in [-0.05, 0) is 74.0 Å². The Labute approximate surface area is 498 Å². The molecule has 1 aromatic rings. The van der Waals surface area contributed by atoms with Crippen LogP contribution in [0.5, 0.6) is 5.75 Å². The van der Waals surface area contributed by atoms with Crippen LogP contribution in [-0.4, -0.2) is 177 Å². The lowest BCUT2D eigenvalue weighted by Crippen LogP contribution is -2.62. The normalized spacial score (nSPS) is 27.0. The summed E-state index contributed by atoms with van der Waals surface area (Å²) in [6.45, 7) is 15.1. The van der Waals surface area contributed by atoms with Gasteiger partial charge in [0.1, 0.15) is 59.8 Å². The Morgan fingerprint density at radius 3 is 1.67 bits per heavy atom. The first kappa shape index (κ1) is 72.1. The van der Waals surface area contributed by atoms with Crippen molar-refractivity contribution in [2.24, 2.45) is 23.7 Å². The van der Waals surface area contributed by atoms with E-state index in [9.17, 15) is 73.2 Å². The van der Waals surface area contributed by atoms with Crippen LogP contribution in [0.2, 0.25) is 0 Å². The Morgan fingerprint density at radius 1 is 0.588 bits per heavy atom. The monoisotopic (exact) mass is 1200 g/mol. The molecule has 2 saturated heterocycles. The summed E-state index contributed by atoms with van der Waals surface area (Å²) >= 11 is 0. The number of hydrogen-bond acceptors (Lipinski definition) is 15. The number of hydrogen-bond donors (Lipinski definition) is 14. The zero-order valence-corrected chi connectivity index (χ0v) is 51.0. The first-order chi connectivity index (χ1) is 40.2. The summed E-state index contributed by atoms with van der Waals surface area (Å²) in [7, 11) is 0. The van der Waals surface area contributed by atoms with Crippen molar-refractivity contribution in [2.75, 3.05) is 26.3 Å². The number of phenols is 1. The maximum atomic E-state index is 14.6. The Bertz CT molecular complexity index is 2480. The lowest BCUT2D eigenvalue weighted by Gasteiger charge is -2.31. The highest BCUT2D eigenvalue weighted by atomic mass is 16.3. The van der Waals surface area contributed by atoms with Gasteiger partial charge in [-0.1, -0.05) is 113 Å². The zero-order chi connectivity index (χ0) is 63.7. The average molecular weight is 1200 g/mol. The number of amides is 11. The number of carbonyl (C=O) groups is 11. The summed E-state index contributed by atoms with van der Waals surface area (Å²) in [5.74, 6) is -10.7. The second-order valence-corrected chi connectivity index (χ2v) is 23.2. The number of nitrogens with one attached hydrogen (secondary N) is 10. The molecule has 12 atom stereocenters. The number of carbonyl (C=O) groups excluding carboxylic acids is 11. The molecule has 2 aliphatic heterocycles. The molecule has 2 fully saturated rings. The van der Waals surface area contributed by atoms with E-state index in [1.807, 2.05) is 20.8 Å². The Hall–Kier alpha value is -7.19. The third-order valence-electron chi connectivity index (χ3n) is 15.2. The molecule has 14 N–H and O–H groups in total. The number of phenolic OH excluding ortho intramolecular Hbond substituents is 1. The number of aromatic hydroxyl groups is 1. The average Bonchev–Trinajstić information content (AvgIpc) is 3.89. The predicted molar refractivity (Wildman–Crippen MR) is 314 cm³/mol. The molecule has 0 bridgehead atoms. The highest BCUT2D eigenvalue weighted by molar-refractivity contribution is 6.02. The fourth-order valence-corrected chi connectivity index (χ4v) is 9.87. The molecule has 0 radical (unpaired) electrons. The van der Waals surface area contributed by atoms with Crippen LogP contribution in [-0.2, 0) is 59.2 Å². The fraction of sp³-hybridized carbons (Fsp3) is 0.678. The minimum absolute atomic E-state index is 0.0353. The molecule has 1 aromatic carbocycles. The number of aliphatic hydroxyl groups excluding tert-OH is 3. The molecule has 0 aromatic heterocycles. The Morgan fingerprint density at radius 2 is 1.12 bits per heavy atom. The van der Waals surface area contributed by atoms with Gasteiger partial charge in [0.05, 0.1) is 19.3 Å². The van der Waals surface area contributed by atoms with Crippen molar-refractivity contribution in [2.45, 2.75) is 207 Å². The van der Waals surface area contributed by atoms with Crippen molar-refractivity contribution in [1.82, 2.24) is 58.1 Å². The molecule has 2 unspecified atom stereocenters. The third-order valence-corrected chi connectivity index (χ3v) is 15.2. The molecule has 476 valence electrons. The fourth-order valence-electron chi connectivity index (χ4n) is 9.87. The molecular formula is C59H95N11O15. The first-order valence-electron chi connectivity index (χ1n) is 29.8. The van der Waals surface area contributed by atoms with Gasteiger partial charge >= 0.3 is 0 Å². The SMILES string of the molecule is C/C=C1/NC(=O)[C@H](CO)NC(=O)C[C@@H](CCCCC)NC(=O)CNC(=O)[C@H](CC(C)C)NC(=O)[C@H](C(C)CC)NC(=O)[C@H](C(C)CC)NC(=O)[C@@H](CC(C)C)NC(=O)[C@@H](Cc2ccc(O)cc2)NC(=O)[C@H](CCO)NC(=O)[C@@H]2C[C@@H](O)CN2C1=O. The highest BCUT2D eigenvalue weighted by Gasteiger charge is 2.42. The number of nitrogens with zero attached hydrogens (tertiary/aromatic N) is 1. The largest absolute Gasteiger partial charge is 0.508 e. The smallest absolute Gasteiger partial charge is 0.270 e. The molecule has 0 spiro atoms. The van der Waals surface area contributed by atoms with Crippen LogP contribution in [0.3, 0.4) is 0 Å². The molecule has 3 rings (SSSR count). The van der Waals surface area contributed by atoms with Crippen molar-refractivity contribution in [1.29, 1.82) is 0 Å². The summed E-state index contributed by atoms with van der Waals surface area (Å²) in [5, 5.41) is 67.7. The quantitative estimate of drug-likeness (QED) is 0.0688.